The predicted molar refractivity (Wildman–Crippen MR) is 97.3 cm³/mol. The van der Waals surface area contributed by atoms with Crippen molar-refractivity contribution in [3.63, 3.8) is 0 Å². The van der Waals surface area contributed by atoms with E-state index in [0.29, 0.717) is 10.2 Å². The number of rotatable bonds is 4. The van der Waals surface area contributed by atoms with Gasteiger partial charge in [0.05, 0.1) is 21.5 Å². The van der Waals surface area contributed by atoms with E-state index in [4.69, 9.17) is 0 Å². The zero-order chi connectivity index (χ0) is 18.2. The standard InChI is InChI=1S/C17H16N2O4S2/c1-11-5-3-4-6-12(11)9-16(20)18-25(22,23)13-7-8-14-15(10-13)24-17(21)19(14)2/h3-8,10H,9H2,1-2H3,(H,18,20). The van der Waals surface area contributed by atoms with Crippen LogP contribution in [0.5, 0.6) is 0 Å². The van der Waals surface area contributed by atoms with Crippen molar-refractivity contribution in [2.45, 2.75) is 18.2 Å². The lowest BCUT2D eigenvalue weighted by Crippen LogP contribution is -2.31. The average molecular weight is 376 g/mol. The summed E-state index contributed by atoms with van der Waals surface area (Å²) < 4.78 is 29.0. The number of nitrogens with zero attached hydrogens (tertiary/aromatic N) is 1. The summed E-state index contributed by atoms with van der Waals surface area (Å²) in [6, 6.07) is 11.7. The van der Waals surface area contributed by atoms with Crippen molar-refractivity contribution in [1.82, 2.24) is 9.29 Å². The van der Waals surface area contributed by atoms with Gasteiger partial charge in [-0.3, -0.25) is 9.59 Å². The smallest absolute Gasteiger partial charge is 0.302 e. The fourth-order valence-corrected chi connectivity index (χ4v) is 4.51. The monoisotopic (exact) mass is 376 g/mol. The first-order chi connectivity index (χ1) is 11.8. The lowest BCUT2D eigenvalue weighted by atomic mass is 10.1. The van der Waals surface area contributed by atoms with Crippen molar-refractivity contribution in [3.05, 3.63) is 63.3 Å². The molecule has 1 amide bonds. The Morgan fingerprint density at radius 2 is 1.92 bits per heavy atom. The van der Waals surface area contributed by atoms with Crippen molar-refractivity contribution in [2.24, 2.45) is 7.05 Å². The van der Waals surface area contributed by atoms with Gasteiger partial charge in [0.25, 0.3) is 10.0 Å². The van der Waals surface area contributed by atoms with Crippen LogP contribution >= 0.6 is 11.3 Å². The molecular weight excluding hydrogens is 360 g/mol. The molecule has 6 nitrogen and oxygen atoms in total. The van der Waals surface area contributed by atoms with Gasteiger partial charge in [-0.25, -0.2) is 13.1 Å². The lowest BCUT2D eigenvalue weighted by molar-refractivity contribution is -0.118. The summed E-state index contributed by atoms with van der Waals surface area (Å²) >= 11 is 0.963. The highest BCUT2D eigenvalue weighted by atomic mass is 32.2. The SMILES string of the molecule is Cc1ccccc1CC(=O)NS(=O)(=O)c1ccc2c(c1)sc(=O)n2C. The van der Waals surface area contributed by atoms with Crippen LogP contribution in [0.1, 0.15) is 11.1 Å². The summed E-state index contributed by atoms with van der Waals surface area (Å²) in [6.45, 7) is 1.86. The number of carbonyl (C=O) groups excluding carboxylic acids is 1. The molecule has 0 bridgehead atoms. The van der Waals surface area contributed by atoms with Gasteiger partial charge in [-0.2, -0.15) is 0 Å². The Hall–Kier alpha value is -2.45. The van der Waals surface area contributed by atoms with Crippen LogP contribution in [0.15, 0.2) is 52.2 Å². The van der Waals surface area contributed by atoms with Crippen LogP contribution in [0.2, 0.25) is 0 Å². The zero-order valence-corrected chi connectivity index (χ0v) is 15.3. The number of fused-ring (bicyclic) bond motifs is 1. The first kappa shape index (κ1) is 17.4. The molecule has 2 aromatic carbocycles. The predicted octanol–water partition coefficient (Wildman–Crippen LogP) is 1.96. The minimum atomic E-state index is -3.99. The van der Waals surface area contributed by atoms with Gasteiger partial charge in [-0.1, -0.05) is 35.6 Å². The molecule has 1 N–H and O–H groups in total. The van der Waals surface area contributed by atoms with Gasteiger partial charge in [0.15, 0.2) is 0 Å². The molecule has 3 rings (SSSR count). The highest BCUT2D eigenvalue weighted by molar-refractivity contribution is 7.90. The zero-order valence-electron chi connectivity index (χ0n) is 13.6. The Labute approximate surface area is 148 Å². The normalized spacial score (nSPS) is 11.6. The first-order valence-corrected chi connectivity index (χ1v) is 9.77. The number of sulfonamides is 1. The van der Waals surface area contributed by atoms with E-state index in [0.717, 1.165) is 22.5 Å². The molecule has 8 heteroatoms. The maximum absolute atomic E-state index is 12.4. The first-order valence-electron chi connectivity index (χ1n) is 7.47. The van der Waals surface area contributed by atoms with Gasteiger partial charge < -0.3 is 4.57 Å². The topological polar surface area (TPSA) is 85.2 Å². The maximum Gasteiger partial charge on any atom is 0.307 e. The quantitative estimate of drug-likeness (QED) is 0.754. The van der Waals surface area contributed by atoms with Crippen LogP contribution < -0.4 is 9.60 Å². The fourth-order valence-electron chi connectivity index (χ4n) is 2.51. The second-order valence-corrected chi connectivity index (χ2v) is 8.36. The van der Waals surface area contributed by atoms with Crippen molar-refractivity contribution >= 4 is 37.5 Å². The Bertz CT molecular complexity index is 1130. The number of aromatic nitrogens is 1. The molecule has 0 unspecified atom stereocenters. The Balaban J connectivity index is 1.85. The van der Waals surface area contributed by atoms with E-state index in [1.54, 1.807) is 25.2 Å². The minimum Gasteiger partial charge on any atom is -0.302 e. The van der Waals surface area contributed by atoms with E-state index in [2.05, 4.69) is 4.72 Å². The van der Waals surface area contributed by atoms with E-state index < -0.39 is 15.9 Å². The van der Waals surface area contributed by atoms with Gasteiger partial charge in [0.2, 0.25) is 5.91 Å². The van der Waals surface area contributed by atoms with Crippen molar-refractivity contribution in [2.75, 3.05) is 0 Å². The van der Waals surface area contributed by atoms with E-state index in [1.165, 1.54) is 16.7 Å². The molecule has 0 radical (unpaired) electrons. The van der Waals surface area contributed by atoms with Gasteiger partial charge >= 0.3 is 4.87 Å². The molecule has 0 aliphatic heterocycles. The number of nitrogens with one attached hydrogen (secondary N) is 1. The molecule has 25 heavy (non-hydrogen) atoms. The maximum atomic E-state index is 12.4. The molecule has 1 heterocycles. The van der Waals surface area contributed by atoms with Crippen LogP contribution in [0.3, 0.4) is 0 Å². The number of aryl methyl sites for hydroxylation is 2. The van der Waals surface area contributed by atoms with Crippen molar-refractivity contribution in [1.29, 1.82) is 0 Å². The minimum absolute atomic E-state index is 0.0210. The second-order valence-electron chi connectivity index (χ2n) is 5.69. The Morgan fingerprint density at radius 3 is 2.64 bits per heavy atom. The van der Waals surface area contributed by atoms with Gasteiger partial charge in [0, 0.05) is 7.05 Å². The van der Waals surface area contributed by atoms with Crippen LogP contribution in [0.4, 0.5) is 0 Å². The molecule has 3 aromatic rings. The lowest BCUT2D eigenvalue weighted by Gasteiger charge is -2.08. The number of thiazole rings is 1. The molecule has 130 valence electrons. The number of hydrogen-bond acceptors (Lipinski definition) is 5. The number of hydrogen-bond donors (Lipinski definition) is 1. The molecule has 0 saturated heterocycles. The van der Waals surface area contributed by atoms with Crippen molar-refractivity contribution in [3.8, 4) is 0 Å². The third kappa shape index (κ3) is 3.49. The summed E-state index contributed by atoms with van der Waals surface area (Å²) in [6.07, 6.45) is -0.0210. The largest absolute Gasteiger partial charge is 0.307 e. The number of amides is 1. The molecule has 0 aliphatic rings. The molecule has 0 saturated carbocycles. The Morgan fingerprint density at radius 1 is 1.20 bits per heavy atom. The van der Waals surface area contributed by atoms with E-state index in [9.17, 15) is 18.0 Å². The van der Waals surface area contributed by atoms with Crippen molar-refractivity contribution < 1.29 is 13.2 Å². The molecule has 1 aromatic heterocycles. The van der Waals surface area contributed by atoms with Crippen LogP contribution in [0.25, 0.3) is 10.2 Å². The Kier molecular flexibility index (Phi) is 4.49. The van der Waals surface area contributed by atoms with E-state index >= 15 is 0 Å². The van der Waals surface area contributed by atoms with Crippen LogP contribution in [0, 0.1) is 6.92 Å². The van der Waals surface area contributed by atoms with E-state index in [-0.39, 0.29) is 16.2 Å². The average Bonchev–Trinajstić information content (AvgIpc) is 2.83. The fraction of sp³-hybridized carbons (Fsp3) is 0.176. The third-order valence-corrected chi connectivity index (χ3v) is 6.30. The summed E-state index contributed by atoms with van der Waals surface area (Å²) in [5.74, 6) is -0.601. The molecule has 0 atom stereocenters. The van der Waals surface area contributed by atoms with Gasteiger partial charge in [0.1, 0.15) is 0 Å². The van der Waals surface area contributed by atoms with Crippen LogP contribution in [-0.2, 0) is 28.3 Å². The highest BCUT2D eigenvalue weighted by Gasteiger charge is 2.19. The summed E-state index contributed by atoms with van der Waals surface area (Å²) in [5, 5.41) is 0. The van der Waals surface area contributed by atoms with E-state index in [1.807, 2.05) is 19.1 Å². The number of benzene rings is 2. The summed E-state index contributed by atoms with van der Waals surface area (Å²) in [4.78, 5) is 23.6. The van der Waals surface area contributed by atoms with Gasteiger partial charge in [-0.15, -0.1) is 0 Å². The van der Waals surface area contributed by atoms with Crippen LogP contribution in [-0.4, -0.2) is 18.9 Å². The molecule has 0 spiro atoms. The number of carbonyl (C=O) groups is 1. The summed E-state index contributed by atoms with van der Waals surface area (Å²) in [7, 11) is -2.37. The summed E-state index contributed by atoms with van der Waals surface area (Å²) in [5.41, 5.74) is 2.35. The van der Waals surface area contributed by atoms with Gasteiger partial charge in [-0.05, 0) is 36.2 Å². The second kappa shape index (κ2) is 6.45. The third-order valence-electron chi connectivity index (χ3n) is 3.93. The molecular formula is C17H16N2O4S2. The highest BCUT2D eigenvalue weighted by Crippen LogP contribution is 2.21. The molecule has 0 aliphatic carbocycles. The molecule has 0 fully saturated rings.